The minimum atomic E-state index is -0.450. The molecule has 24 heavy (non-hydrogen) atoms. The standard InChI is InChI=1S/C16H16FN5O2/c1-3-24-15(23)10-7-18-16(20-9(10)2)19-8-13-21-12-6-4-5-11(17)14(12)22-13/h4-7H,3,8H2,1-2H3,(H,21,22)(H,18,19,20). The van der Waals surface area contributed by atoms with Crippen molar-refractivity contribution in [1.82, 2.24) is 19.9 Å². The van der Waals surface area contributed by atoms with E-state index in [0.29, 0.717) is 47.2 Å². The molecule has 0 amide bonds. The molecule has 0 saturated heterocycles. The number of nitrogens with one attached hydrogen (secondary N) is 2. The van der Waals surface area contributed by atoms with E-state index in [1.807, 2.05) is 0 Å². The molecule has 2 heterocycles. The highest BCUT2D eigenvalue weighted by Crippen LogP contribution is 2.15. The van der Waals surface area contributed by atoms with E-state index in [1.165, 1.54) is 12.3 Å². The summed E-state index contributed by atoms with van der Waals surface area (Å²) in [6.07, 6.45) is 1.42. The first-order valence-electron chi connectivity index (χ1n) is 7.46. The van der Waals surface area contributed by atoms with Gasteiger partial charge in [-0.05, 0) is 26.0 Å². The van der Waals surface area contributed by atoms with Crippen molar-refractivity contribution in [2.24, 2.45) is 0 Å². The Bertz CT molecular complexity index is 893. The predicted molar refractivity (Wildman–Crippen MR) is 86.1 cm³/mol. The Morgan fingerprint density at radius 3 is 2.92 bits per heavy atom. The number of nitrogens with zero attached hydrogens (tertiary/aromatic N) is 3. The third-order valence-electron chi connectivity index (χ3n) is 3.40. The van der Waals surface area contributed by atoms with E-state index in [4.69, 9.17) is 4.74 Å². The second-order valence-corrected chi connectivity index (χ2v) is 5.09. The summed E-state index contributed by atoms with van der Waals surface area (Å²) >= 11 is 0. The molecule has 0 spiro atoms. The molecule has 0 aliphatic rings. The molecule has 0 bridgehead atoms. The summed E-state index contributed by atoms with van der Waals surface area (Å²) < 4.78 is 18.6. The van der Waals surface area contributed by atoms with Gasteiger partial charge in [0.2, 0.25) is 5.95 Å². The van der Waals surface area contributed by atoms with Gasteiger partial charge in [-0.2, -0.15) is 0 Å². The molecule has 0 radical (unpaired) electrons. The number of aromatic nitrogens is 4. The molecular formula is C16H16FN5O2. The number of rotatable bonds is 5. The van der Waals surface area contributed by atoms with E-state index in [9.17, 15) is 9.18 Å². The van der Waals surface area contributed by atoms with Crippen molar-refractivity contribution in [3.63, 3.8) is 0 Å². The number of hydrogen-bond acceptors (Lipinski definition) is 6. The van der Waals surface area contributed by atoms with E-state index in [2.05, 4.69) is 25.3 Å². The van der Waals surface area contributed by atoms with Crippen molar-refractivity contribution in [3.05, 3.63) is 47.3 Å². The van der Waals surface area contributed by atoms with Gasteiger partial charge in [0.1, 0.15) is 11.3 Å². The first-order valence-corrected chi connectivity index (χ1v) is 7.46. The second-order valence-electron chi connectivity index (χ2n) is 5.09. The quantitative estimate of drug-likeness (QED) is 0.699. The number of imidazole rings is 1. The number of aromatic amines is 1. The van der Waals surface area contributed by atoms with Gasteiger partial charge in [-0.15, -0.1) is 0 Å². The van der Waals surface area contributed by atoms with Crippen LogP contribution in [0.4, 0.5) is 10.3 Å². The lowest BCUT2D eigenvalue weighted by Crippen LogP contribution is -2.11. The molecule has 2 aromatic heterocycles. The SMILES string of the molecule is CCOC(=O)c1cnc(NCc2nc3c(F)cccc3[nH]2)nc1C. The van der Waals surface area contributed by atoms with E-state index >= 15 is 0 Å². The third kappa shape index (κ3) is 3.17. The van der Waals surface area contributed by atoms with E-state index in [-0.39, 0.29) is 5.82 Å². The molecule has 0 fully saturated rings. The van der Waals surface area contributed by atoms with Gasteiger partial charge < -0.3 is 15.0 Å². The largest absolute Gasteiger partial charge is 0.462 e. The lowest BCUT2D eigenvalue weighted by molar-refractivity contribution is 0.0524. The Morgan fingerprint density at radius 1 is 1.38 bits per heavy atom. The zero-order chi connectivity index (χ0) is 17.1. The number of anilines is 1. The van der Waals surface area contributed by atoms with Crippen LogP contribution in [0.3, 0.4) is 0 Å². The van der Waals surface area contributed by atoms with Crippen LogP contribution in [0.1, 0.15) is 28.8 Å². The van der Waals surface area contributed by atoms with Gasteiger partial charge in [-0.25, -0.2) is 24.1 Å². The van der Waals surface area contributed by atoms with Crippen molar-refractivity contribution in [1.29, 1.82) is 0 Å². The van der Waals surface area contributed by atoms with Gasteiger partial charge in [0.05, 0.1) is 29.9 Å². The molecule has 0 aliphatic heterocycles. The van der Waals surface area contributed by atoms with Gasteiger partial charge >= 0.3 is 5.97 Å². The Morgan fingerprint density at radius 2 is 2.21 bits per heavy atom. The fraction of sp³-hybridized carbons (Fsp3) is 0.250. The van der Waals surface area contributed by atoms with Crippen LogP contribution >= 0.6 is 0 Å². The van der Waals surface area contributed by atoms with Crippen molar-refractivity contribution in [2.75, 3.05) is 11.9 Å². The lowest BCUT2D eigenvalue weighted by Gasteiger charge is -2.07. The molecule has 7 nitrogen and oxygen atoms in total. The summed E-state index contributed by atoms with van der Waals surface area (Å²) in [5, 5.41) is 2.99. The van der Waals surface area contributed by atoms with Crippen LogP contribution in [0.5, 0.6) is 0 Å². The van der Waals surface area contributed by atoms with Crippen LogP contribution in [0.2, 0.25) is 0 Å². The number of H-pyrrole nitrogens is 1. The lowest BCUT2D eigenvalue weighted by atomic mass is 10.2. The van der Waals surface area contributed by atoms with Crippen LogP contribution in [-0.4, -0.2) is 32.5 Å². The second kappa shape index (κ2) is 6.61. The van der Waals surface area contributed by atoms with Crippen LogP contribution in [-0.2, 0) is 11.3 Å². The zero-order valence-electron chi connectivity index (χ0n) is 13.3. The van der Waals surface area contributed by atoms with Gasteiger partial charge in [0, 0.05) is 6.20 Å². The molecule has 2 N–H and O–H groups in total. The summed E-state index contributed by atoms with van der Waals surface area (Å²) in [6, 6.07) is 4.73. The predicted octanol–water partition coefficient (Wildman–Crippen LogP) is 2.59. The molecule has 1 aromatic carbocycles. The molecule has 124 valence electrons. The van der Waals surface area contributed by atoms with Gasteiger partial charge in [0.15, 0.2) is 5.82 Å². The van der Waals surface area contributed by atoms with Crippen molar-refractivity contribution < 1.29 is 13.9 Å². The average molecular weight is 329 g/mol. The third-order valence-corrected chi connectivity index (χ3v) is 3.40. The van der Waals surface area contributed by atoms with Crippen molar-refractivity contribution in [3.8, 4) is 0 Å². The van der Waals surface area contributed by atoms with Crippen LogP contribution in [0.15, 0.2) is 24.4 Å². The number of para-hydroxylation sites is 1. The smallest absolute Gasteiger partial charge is 0.341 e. The van der Waals surface area contributed by atoms with Crippen molar-refractivity contribution in [2.45, 2.75) is 20.4 Å². The first kappa shape index (κ1) is 15.9. The summed E-state index contributed by atoms with van der Waals surface area (Å²) in [5.74, 6) is 0.0856. The normalized spacial score (nSPS) is 10.8. The minimum absolute atomic E-state index is 0.293. The van der Waals surface area contributed by atoms with Crippen LogP contribution < -0.4 is 5.32 Å². The molecule has 0 saturated carbocycles. The molecule has 0 aliphatic carbocycles. The highest BCUT2D eigenvalue weighted by Gasteiger charge is 2.13. The molecule has 0 atom stereocenters. The average Bonchev–Trinajstić information content (AvgIpc) is 2.98. The summed E-state index contributed by atoms with van der Waals surface area (Å²) in [7, 11) is 0. The Kier molecular flexibility index (Phi) is 4.37. The van der Waals surface area contributed by atoms with Gasteiger partial charge in [-0.3, -0.25) is 0 Å². The summed E-state index contributed by atoms with van der Waals surface area (Å²) in [5.41, 5.74) is 1.76. The topological polar surface area (TPSA) is 92.8 Å². The van der Waals surface area contributed by atoms with E-state index in [1.54, 1.807) is 26.0 Å². The fourth-order valence-electron chi connectivity index (χ4n) is 2.26. The number of fused-ring (bicyclic) bond motifs is 1. The molecule has 0 unspecified atom stereocenters. The first-order chi connectivity index (χ1) is 11.6. The Balaban J connectivity index is 1.73. The number of aryl methyl sites for hydroxylation is 1. The minimum Gasteiger partial charge on any atom is -0.462 e. The summed E-state index contributed by atoms with van der Waals surface area (Å²) in [4.78, 5) is 27.3. The van der Waals surface area contributed by atoms with Crippen LogP contribution in [0, 0.1) is 12.7 Å². The van der Waals surface area contributed by atoms with E-state index in [0.717, 1.165) is 0 Å². The Hall–Kier alpha value is -3.03. The number of carbonyl (C=O) groups is 1. The van der Waals surface area contributed by atoms with Gasteiger partial charge in [-0.1, -0.05) is 6.07 Å². The maximum absolute atomic E-state index is 13.6. The van der Waals surface area contributed by atoms with Crippen LogP contribution in [0.25, 0.3) is 11.0 Å². The molecular weight excluding hydrogens is 313 g/mol. The molecule has 8 heteroatoms. The number of ether oxygens (including phenoxy) is 1. The van der Waals surface area contributed by atoms with Crippen molar-refractivity contribution >= 4 is 23.0 Å². The number of benzene rings is 1. The summed E-state index contributed by atoms with van der Waals surface area (Å²) in [6.45, 7) is 4.03. The monoisotopic (exact) mass is 329 g/mol. The number of esters is 1. The number of carbonyl (C=O) groups excluding carboxylic acids is 1. The number of halogens is 1. The van der Waals surface area contributed by atoms with E-state index < -0.39 is 5.97 Å². The fourth-order valence-corrected chi connectivity index (χ4v) is 2.26. The highest BCUT2D eigenvalue weighted by atomic mass is 19.1. The molecule has 3 rings (SSSR count). The molecule has 3 aromatic rings. The van der Waals surface area contributed by atoms with Gasteiger partial charge in [0.25, 0.3) is 0 Å². The maximum atomic E-state index is 13.6. The maximum Gasteiger partial charge on any atom is 0.341 e. The zero-order valence-corrected chi connectivity index (χ0v) is 13.3. The Labute approximate surface area is 137 Å². The number of hydrogen-bond donors (Lipinski definition) is 2. The highest BCUT2D eigenvalue weighted by molar-refractivity contribution is 5.90.